The lowest BCUT2D eigenvalue weighted by atomic mass is 9.85. The van der Waals surface area contributed by atoms with Gasteiger partial charge >= 0.3 is 0 Å². The van der Waals surface area contributed by atoms with E-state index in [9.17, 15) is 13.5 Å². The number of nitrogens with zero attached hydrogens (tertiary/aromatic N) is 2. The van der Waals surface area contributed by atoms with E-state index in [2.05, 4.69) is 9.71 Å². The zero-order chi connectivity index (χ0) is 18.9. The van der Waals surface area contributed by atoms with Gasteiger partial charge in [-0.1, -0.05) is 12.8 Å². The number of nitrogens with one attached hydrogen (secondary N) is 1. The molecule has 2 N–H and O–H groups in total. The first kappa shape index (κ1) is 19.5. The van der Waals surface area contributed by atoms with Crippen molar-refractivity contribution in [3.8, 4) is 0 Å². The van der Waals surface area contributed by atoms with Crippen LogP contribution < -0.4 is 4.72 Å². The number of aliphatic hydroxyl groups is 1. The van der Waals surface area contributed by atoms with Crippen molar-refractivity contribution in [2.24, 2.45) is 0 Å². The van der Waals surface area contributed by atoms with Crippen LogP contribution in [0.1, 0.15) is 68.4 Å². The first-order chi connectivity index (χ1) is 12.2. The van der Waals surface area contributed by atoms with Gasteiger partial charge in [0, 0.05) is 34.0 Å². The molecule has 1 saturated carbocycles. The van der Waals surface area contributed by atoms with Crippen LogP contribution in [0.3, 0.4) is 0 Å². The predicted molar refractivity (Wildman–Crippen MR) is 103 cm³/mol. The van der Waals surface area contributed by atoms with E-state index in [1.165, 1.54) is 0 Å². The van der Waals surface area contributed by atoms with E-state index in [1.807, 2.05) is 26.0 Å². The Hall–Kier alpha value is -1.22. The summed E-state index contributed by atoms with van der Waals surface area (Å²) in [5, 5.41) is 9.87. The summed E-state index contributed by atoms with van der Waals surface area (Å²) in [6.45, 7) is 6.08. The van der Waals surface area contributed by atoms with Crippen molar-refractivity contribution in [2.45, 2.75) is 69.0 Å². The van der Waals surface area contributed by atoms with Gasteiger partial charge in [0.25, 0.3) is 10.0 Å². The standard InChI is InChI=1S/C18H27N3O3S2/c1-13(2)21-10-17(19-12-21)26(23,24)20-11-18(8-4-5-9-18)16-7-6-15(25-16)14(3)22/h6-7,10,12-14,20,22H,4-5,8-9,11H2,1-3H3/t14-/m0/s1. The van der Waals surface area contributed by atoms with Gasteiger partial charge in [-0.2, -0.15) is 0 Å². The number of hydrogen-bond donors (Lipinski definition) is 2. The maximum Gasteiger partial charge on any atom is 0.259 e. The normalized spacial score (nSPS) is 18.5. The monoisotopic (exact) mass is 397 g/mol. The molecule has 0 aromatic carbocycles. The van der Waals surface area contributed by atoms with Crippen LogP contribution in [0.15, 0.2) is 29.7 Å². The Kier molecular flexibility index (Phi) is 5.58. The summed E-state index contributed by atoms with van der Waals surface area (Å²) in [5.41, 5.74) is -0.189. The van der Waals surface area contributed by atoms with E-state index in [1.54, 1.807) is 35.4 Å². The minimum Gasteiger partial charge on any atom is -0.388 e. The first-order valence-corrected chi connectivity index (χ1v) is 11.3. The van der Waals surface area contributed by atoms with E-state index >= 15 is 0 Å². The molecule has 1 atom stereocenters. The molecule has 0 aliphatic heterocycles. The smallest absolute Gasteiger partial charge is 0.259 e. The number of hydrogen-bond acceptors (Lipinski definition) is 5. The van der Waals surface area contributed by atoms with E-state index in [-0.39, 0.29) is 16.5 Å². The lowest BCUT2D eigenvalue weighted by Crippen LogP contribution is -2.38. The predicted octanol–water partition coefficient (Wildman–Crippen LogP) is 3.37. The molecule has 2 aromatic heterocycles. The maximum absolute atomic E-state index is 12.7. The molecule has 1 fully saturated rings. The summed E-state index contributed by atoms with van der Waals surface area (Å²) < 4.78 is 30.0. The molecule has 0 bridgehead atoms. The lowest BCUT2D eigenvalue weighted by molar-refractivity contribution is 0.203. The Balaban J connectivity index is 1.79. The van der Waals surface area contributed by atoms with Crippen LogP contribution in [-0.4, -0.2) is 29.6 Å². The van der Waals surface area contributed by atoms with Crippen LogP contribution >= 0.6 is 11.3 Å². The van der Waals surface area contributed by atoms with Crippen molar-refractivity contribution in [3.63, 3.8) is 0 Å². The summed E-state index contributed by atoms with van der Waals surface area (Å²) >= 11 is 1.59. The topological polar surface area (TPSA) is 84.2 Å². The van der Waals surface area contributed by atoms with Crippen molar-refractivity contribution in [3.05, 3.63) is 34.4 Å². The second kappa shape index (κ2) is 7.42. The Bertz CT molecular complexity index is 847. The number of rotatable bonds is 7. The van der Waals surface area contributed by atoms with E-state index in [0.717, 1.165) is 35.4 Å². The molecule has 2 heterocycles. The third-order valence-corrected chi connectivity index (χ3v) is 7.96. The molecule has 8 heteroatoms. The van der Waals surface area contributed by atoms with Crippen LogP contribution in [-0.2, 0) is 15.4 Å². The van der Waals surface area contributed by atoms with Crippen LogP contribution in [0.25, 0.3) is 0 Å². The molecule has 26 heavy (non-hydrogen) atoms. The number of aliphatic hydroxyl groups excluding tert-OH is 1. The van der Waals surface area contributed by atoms with Gasteiger partial charge < -0.3 is 9.67 Å². The molecule has 3 rings (SSSR count). The number of imidazole rings is 1. The fourth-order valence-electron chi connectivity index (χ4n) is 3.47. The molecule has 0 spiro atoms. The zero-order valence-electron chi connectivity index (χ0n) is 15.5. The molecular weight excluding hydrogens is 370 g/mol. The molecule has 0 unspecified atom stereocenters. The Labute approximate surface area is 159 Å². The Morgan fingerprint density at radius 2 is 2.00 bits per heavy atom. The molecule has 1 aliphatic rings. The third kappa shape index (κ3) is 3.88. The van der Waals surface area contributed by atoms with E-state index in [4.69, 9.17) is 0 Å². The fourth-order valence-corrected chi connectivity index (χ4v) is 5.72. The highest BCUT2D eigenvalue weighted by Gasteiger charge is 2.38. The van der Waals surface area contributed by atoms with Gasteiger partial charge in [0.2, 0.25) is 0 Å². The second-order valence-electron chi connectivity index (χ2n) is 7.44. The molecule has 144 valence electrons. The quantitative estimate of drug-likeness (QED) is 0.750. The van der Waals surface area contributed by atoms with Crippen molar-refractivity contribution in [1.29, 1.82) is 0 Å². The van der Waals surface area contributed by atoms with Gasteiger partial charge in [0.1, 0.15) is 0 Å². The van der Waals surface area contributed by atoms with Gasteiger partial charge in [-0.05, 0) is 45.7 Å². The second-order valence-corrected chi connectivity index (χ2v) is 10.3. The van der Waals surface area contributed by atoms with Crippen molar-refractivity contribution in [1.82, 2.24) is 14.3 Å². The zero-order valence-corrected chi connectivity index (χ0v) is 17.1. The lowest BCUT2D eigenvalue weighted by Gasteiger charge is -2.28. The highest BCUT2D eigenvalue weighted by Crippen LogP contribution is 2.44. The molecule has 0 saturated heterocycles. The SMILES string of the molecule is CC(C)n1cnc(S(=O)(=O)NCC2(c3ccc([C@H](C)O)s3)CCCC2)c1. The van der Waals surface area contributed by atoms with Crippen molar-refractivity contribution >= 4 is 21.4 Å². The largest absolute Gasteiger partial charge is 0.388 e. The highest BCUT2D eigenvalue weighted by molar-refractivity contribution is 7.89. The number of thiophene rings is 1. The van der Waals surface area contributed by atoms with Crippen molar-refractivity contribution in [2.75, 3.05) is 6.54 Å². The van der Waals surface area contributed by atoms with Gasteiger partial charge in [-0.25, -0.2) is 18.1 Å². The van der Waals surface area contributed by atoms with Crippen LogP contribution in [0.4, 0.5) is 0 Å². The fraction of sp³-hybridized carbons (Fsp3) is 0.611. The van der Waals surface area contributed by atoms with Crippen LogP contribution in [0.5, 0.6) is 0 Å². The molecular formula is C18H27N3O3S2. The molecule has 0 amide bonds. The summed E-state index contributed by atoms with van der Waals surface area (Å²) in [6.07, 6.45) is 6.72. The number of aromatic nitrogens is 2. The minimum absolute atomic E-state index is 0.0650. The average molecular weight is 398 g/mol. The summed E-state index contributed by atoms with van der Waals surface area (Å²) in [6, 6.07) is 4.15. The average Bonchev–Trinajstić information content (AvgIpc) is 3.32. The van der Waals surface area contributed by atoms with Gasteiger partial charge in [-0.15, -0.1) is 11.3 Å². The van der Waals surface area contributed by atoms with Gasteiger partial charge in [-0.3, -0.25) is 0 Å². The van der Waals surface area contributed by atoms with Gasteiger partial charge in [0.05, 0.1) is 12.4 Å². The maximum atomic E-state index is 12.7. The van der Waals surface area contributed by atoms with Crippen LogP contribution in [0.2, 0.25) is 0 Å². The molecule has 0 radical (unpaired) electrons. The van der Waals surface area contributed by atoms with E-state index < -0.39 is 16.1 Å². The van der Waals surface area contributed by atoms with Gasteiger partial charge in [0.15, 0.2) is 5.03 Å². The molecule has 2 aromatic rings. The molecule has 6 nitrogen and oxygen atoms in total. The Morgan fingerprint density at radius 1 is 1.31 bits per heavy atom. The van der Waals surface area contributed by atoms with Crippen molar-refractivity contribution < 1.29 is 13.5 Å². The number of sulfonamides is 1. The summed E-state index contributed by atoms with van der Waals surface area (Å²) in [4.78, 5) is 6.13. The summed E-state index contributed by atoms with van der Waals surface area (Å²) in [7, 11) is -3.64. The summed E-state index contributed by atoms with van der Waals surface area (Å²) in [5.74, 6) is 0. The minimum atomic E-state index is -3.64. The molecule has 1 aliphatic carbocycles. The van der Waals surface area contributed by atoms with Crippen LogP contribution in [0, 0.1) is 0 Å². The Morgan fingerprint density at radius 3 is 2.54 bits per heavy atom. The van der Waals surface area contributed by atoms with E-state index in [0.29, 0.717) is 6.54 Å². The third-order valence-electron chi connectivity index (χ3n) is 5.17. The highest BCUT2D eigenvalue weighted by atomic mass is 32.2. The first-order valence-electron chi connectivity index (χ1n) is 9.05.